The fourth-order valence-electron chi connectivity index (χ4n) is 2.87. The van der Waals surface area contributed by atoms with Gasteiger partial charge in [0, 0.05) is 24.7 Å². The molecule has 1 aromatic rings. The van der Waals surface area contributed by atoms with Gasteiger partial charge in [0.05, 0.1) is 0 Å². The van der Waals surface area contributed by atoms with Crippen LogP contribution < -0.4 is 0 Å². The van der Waals surface area contributed by atoms with Crippen molar-refractivity contribution in [3.63, 3.8) is 0 Å². The lowest BCUT2D eigenvalue weighted by molar-refractivity contribution is 0.101. The summed E-state index contributed by atoms with van der Waals surface area (Å²) in [5.74, 6) is 0.986. The summed E-state index contributed by atoms with van der Waals surface area (Å²) in [6, 6.07) is 0. The second-order valence-corrected chi connectivity index (χ2v) is 6.78. The molecule has 19 heavy (non-hydrogen) atoms. The Labute approximate surface area is 121 Å². The molecule has 3 nitrogen and oxygen atoms in total. The van der Waals surface area contributed by atoms with Crippen molar-refractivity contribution in [1.29, 1.82) is 0 Å². The Balaban J connectivity index is 2.33. The molecule has 0 saturated heterocycles. The number of nitrogens with zero attached hydrogens (tertiary/aromatic N) is 2. The number of carbonyl (C=O) groups excluding carboxylic acids is 1. The fourth-order valence-corrected chi connectivity index (χ4v) is 3.48. The largest absolute Gasteiger partial charge is 0.293 e. The predicted octanol–water partition coefficient (Wildman–Crippen LogP) is 3.31. The number of ketones is 1. The third-order valence-corrected chi connectivity index (χ3v) is 4.18. The SMILES string of the molecule is CC(=O)c1nn(CC(C)(C)CCS)c2c1CCCC2. The van der Waals surface area contributed by atoms with Crippen molar-refractivity contribution in [1.82, 2.24) is 9.78 Å². The van der Waals surface area contributed by atoms with Gasteiger partial charge in [-0.3, -0.25) is 9.48 Å². The maximum absolute atomic E-state index is 11.7. The van der Waals surface area contributed by atoms with Crippen LogP contribution in [0.1, 0.15) is 61.8 Å². The Kier molecular flexibility index (Phi) is 4.39. The van der Waals surface area contributed by atoms with Crippen molar-refractivity contribution in [3.8, 4) is 0 Å². The number of fused-ring (bicyclic) bond motifs is 1. The molecular weight excluding hydrogens is 256 g/mol. The second kappa shape index (κ2) is 5.70. The predicted molar refractivity (Wildman–Crippen MR) is 81.1 cm³/mol. The van der Waals surface area contributed by atoms with Gasteiger partial charge in [-0.1, -0.05) is 13.8 Å². The van der Waals surface area contributed by atoms with Gasteiger partial charge in [0.15, 0.2) is 5.78 Å². The van der Waals surface area contributed by atoms with Crippen molar-refractivity contribution in [2.24, 2.45) is 5.41 Å². The van der Waals surface area contributed by atoms with Gasteiger partial charge in [-0.15, -0.1) is 0 Å². The van der Waals surface area contributed by atoms with Gasteiger partial charge in [-0.2, -0.15) is 17.7 Å². The van der Waals surface area contributed by atoms with Crippen LogP contribution in [0.3, 0.4) is 0 Å². The van der Waals surface area contributed by atoms with E-state index < -0.39 is 0 Å². The quantitative estimate of drug-likeness (QED) is 0.663. The second-order valence-electron chi connectivity index (χ2n) is 6.33. The van der Waals surface area contributed by atoms with E-state index in [4.69, 9.17) is 0 Å². The molecule has 0 atom stereocenters. The van der Waals surface area contributed by atoms with Crippen LogP contribution in [-0.4, -0.2) is 21.3 Å². The van der Waals surface area contributed by atoms with E-state index in [2.05, 4.69) is 36.3 Å². The van der Waals surface area contributed by atoms with Gasteiger partial charge in [0.2, 0.25) is 0 Å². The van der Waals surface area contributed by atoms with Crippen LogP contribution in [0.4, 0.5) is 0 Å². The molecule has 0 saturated carbocycles. The topological polar surface area (TPSA) is 34.9 Å². The van der Waals surface area contributed by atoms with Crippen molar-refractivity contribution in [3.05, 3.63) is 17.0 Å². The summed E-state index contributed by atoms with van der Waals surface area (Å²) < 4.78 is 2.09. The standard InChI is InChI=1S/C15H24N2OS/c1-11(18)14-12-6-4-5-7-13(12)17(16-14)10-15(2,3)8-9-19/h19H,4-10H2,1-3H3. The minimum absolute atomic E-state index is 0.101. The molecular formula is C15H24N2OS. The minimum atomic E-state index is 0.101. The first-order chi connectivity index (χ1) is 8.94. The van der Waals surface area contributed by atoms with Crippen LogP contribution in [0.2, 0.25) is 0 Å². The normalized spacial score (nSPS) is 15.4. The average Bonchev–Trinajstić information content (AvgIpc) is 2.68. The summed E-state index contributed by atoms with van der Waals surface area (Å²) >= 11 is 4.33. The van der Waals surface area contributed by atoms with Gasteiger partial charge in [0.1, 0.15) is 5.69 Å². The van der Waals surface area contributed by atoms with Gasteiger partial charge in [0.25, 0.3) is 0 Å². The molecule has 0 aromatic carbocycles. The highest BCUT2D eigenvalue weighted by Crippen LogP contribution is 2.29. The Morgan fingerprint density at radius 1 is 1.37 bits per heavy atom. The highest BCUT2D eigenvalue weighted by Gasteiger charge is 2.26. The highest BCUT2D eigenvalue weighted by atomic mass is 32.1. The van der Waals surface area contributed by atoms with Crippen LogP contribution >= 0.6 is 12.6 Å². The van der Waals surface area contributed by atoms with Crippen molar-refractivity contribution in [2.45, 2.75) is 59.4 Å². The number of hydrogen-bond acceptors (Lipinski definition) is 3. The van der Waals surface area contributed by atoms with Crippen LogP contribution in [0.25, 0.3) is 0 Å². The molecule has 0 amide bonds. The zero-order chi connectivity index (χ0) is 14.0. The number of rotatable bonds is 5. The third-order valence-electron chi connectivity index (χ3n) is 3.96. The zero-order valence-corrected chi connectivity index (χ0v) is 13.1. The summed E-state index contributed by atoms with van der Waals surface area (Å²) in [5, 5.41) is 4.60. The lowest BCUT2D eigenvalue weighted by Gasteiger charge is -2.25. The lowest BCUT2D eigenvalue weighted by atomic mass is 9.89. The molecule has 1 aliphatic rings. The van der Waals surface area contributed by atoms with Crippen LogP contribution in [0, 0.1) is 5.41 Å². The Bertz CT molecular complexity index is 477. The number of Topliss-reactive ketones (excluding diaryl/α,β-unsaturated/α-hetero) is 1. The number of carbonyl (C=O) groups is 1. The average molecular weight is 280 g/mol. The maximum Gasteiger partial charge on any atom is 0.180 e. The van der Waals surface area contributed by atoms with Crippen LogP contribution in [0.5, 0.6) is 0 Å². The van der Waals surface area contributed by atoms with Gasteiger partial charge >= 0.3 is 0 Å². The van der Waals surface area contributed by atoms with E-state index in [-0.39, 0.29) is 11.2 Å². The summed E-state index contributed by atoms with van der Waals surface area (Å²) in [5.41, 5.74) is 3.38. The van der Waals surface area contributed by atoms with Gasteiger partial charge < -0.3 is 0 Å². The summed E-state index contributed by atoms with van der Waals surface area (Å²) in [6.45, 7) is 6.99. The first-order valence-corrected chi connectivity index (χ1v) is 7.78. The molecule has 0 bridgehead atoms. The summed E-state index contributed by atoms with van der Waals surface area (Å²) in [6.07, 6.45) is 5.52. The van der Waals surface area contributed by atoms with E-state index in [1.165, 1.54) is 24.1 Å². The molecule has 1 aliphatic carbocycles. The molecule has 0 aliphatic heterocycles. The Hall–Kier alpha value is -0.770. The molecule has 1 aromatic heterocycles. The summed E-state index contributed by atoms with van der Waals surface area (Å²) in [7, 11) is 0. The number of thiol groups is 1. The Morgan fingerprint density at radius 3 is 2.68 bits per heavy atom. The van der Waals surface area contributed by atoms with E-state index in [1.807, 2.05) is 0 Å². The molecule has 0 spiro atoms. The van der Waals surface area contributed by atoms with Crippen molar-refractivity contribution >= 4 is 18.4 Å². The van der Waals surface area contributed by atoms with E-state index in [1.54, 1.807) is 6.92 Å². The highest BCUT2D eigenvalue weighted by molar-refractivity contribution is 7.80. The fraction of sp³-hybridized carbons (Fsp3) is 0.733. The zero-order valence-electron chi connectivity index (χ0n) is 12.2. The number of hydrogen-bond donors (Lipinski definition) is 1. The smallest absolute Gasteiger partial charge is 0.180 e. The minimum Gasteiger partial charge on any atom is -0.293 e. The molecule has 0 fully saturated rings. The van der Waals surface area contributed by atoms with Gasteiger partial charge in [-0.25, -0.2) is 0 Å². The van der Waals surface area contributed by atoms with Crippen molar-refractivity contribution in [2.75, 3.05) is 5.75 Å². The molecule has 0 N–H and O–H groups in total. The number of aromatic nitrogens is 2. The Morgan fingerprint density at radius 2 is 2.05 bits per heavy atom. The molecule has 1 heterocycles. The maximum atomic E-state index is 11.7. The van der Waals surface area contributed by atoms with E-state index in [9.17, 15) is 4.79 Å². The van der Waals surface area contributed by atoms with Crippen LogP contribution in [-0.2, 0) is 19.4 Å². The van der Waals surface area contributed by atoms with E-state index >= 15 is 0 Å². The van der Waals surface area contributed by atoms with Gasteiger partial charge in [-0.05, 0) is 43.3 Å². The van der Waals surface area contributed by atoms with Crippen LogP contribution in [0.15, 0.2) is 0 Å². The third kappa shape index (κ3) is 3.22. The molecule has 106 valence electrons. The monoisotopic (exact) mass is 280 g/mol. The molecule has 0 radical (unpaired) electrons. The van der Waals surface area contributed by atoms with Crippen molar-refractivity contribution < 1.29 is 4.79 Å². The molecule has 0 unspecified atom stereocenters. The first-order valence-electron chi connectivity index (χ1n) is 7.15. The lowest BCUT2D eigenvalue weighted by Crippen LogP contribution is -2.23. The van der Waals surface area contributed by atoms with E-state index in [0.29, 0.717) is 5.69 Å². The van der Waals surface area contributed by atoms with E-state index in [0.717, 1.165) is 31.6 Å². The molecule has 4 heteroatoms. The first kappa shape index (κ1) is 14.6. The molecule has 2 rings (SSSR count). The summed E-state index contributed by atoms with van der Waals surface area (Å²) in [4.78, 5) is 11.7.